The van der Waals surface area contributed by atoms with Gasteiger partial charge in [-0.15, -0.1) is 11.3 Å². The smallest absolute Gasteiger partial charge is 0.341 e. The molecule has 0 unspecified atom stereocenters. The molecule has 1 N–H and O–H groups in total. The van der Waals surface area contributed by atoms with Gasteiger partial charge in [-0.1, -0.05) is 51.1 Å². The third-order valence-electron chi connectivity index (χ3n) is 5.05. The minimum Gasteiger partial charge on any atom is -0.494 e. The van der Waals surface area contributed by atoms with E-state index in [0.717, 1.165) is 16.9 Å². The molecule has 0 saturated carbocycles. The second-order valence-corrected chi connectivity index (χ2v) is 9.49. The molecule has 6 nitrogen and oxygen atoms in total. The van der Waals surface area contributed by atoms with Crippen molar-refractivity contribution in [1.29, 1.82) is 0 Å². The molecule has 7 heteroatoms. The molecule has 1 aromatic heterocycles. The van der Waals surface area contributed by atoms with E-state index in [4.69, 9.17) is 14.2 Å². The zero-order valence-corrected chi connectivity index (χ0v) is 21.1. The highest BCUT2D eigenvalue weighted by atomic mass is 32.1. The van der Waals surface area contributed by atoms with Crippen molar-refractivity contribution in [1.82, 2.24) is 0 Å². The van der Waals surface area contributed by atoms with Crippen molar-refractivity contribution >= 4 is 28.2 Å². The molecule has 3 rings (SSSR count). The highest BCUT2D eigenvalue weighted by Crippen LogP contribution is 2.37. The number of rotatable bonds is 9. The summed E-state index contributed by atoms with van der Waals surface area (Å²) < 4.78 is 16.6. The topological polar surface area (TPSA) is 73.9 Å². The number of benzene rings is 2. The van der Waals surface area contributed by atoms with E-state index >= 15 is 0 Å². The van der Waals surface area contributed by atoms with Gasteiger partial charge in [0.1, 0.15) is 22.1 Å². The van der Waals surface area contributed by atoms with E-state index < -0.39 is 5.97 Å². The van der Waals surface area contributed by atoms with E-state index in [1.165, 1.54) is 11.3 Å². The molecule has 2 aromatic carbocycles. The number of para-hydroxylation sites is 1. The number of thiophene rings is 1. The van der Waals surface area contributed by atoms with Crippen LogP contribution >= 0.6 is 11.3 Å². The maximum Gasteiger partial charge on any atom is 0.341 e. The largest absolute Gasteiger partial charge is 0.494 e. The molecule has 34 heavy (non-hydrogen) atoms. The van der Waals surface area contributed by atoms with Gasteiger partial charge in [0.2, 0.25) is 0 Å². The number of anilines is 1. The van der Waals surface area contributed by atoms with Crippen LogP contribution in [-0.2, 0) is 14.9 Å². The molecular weight excluding hydrogens is 450 g/mol. The predicted molar refractivity (Wildman–Crippen MR) is 136 cm³/mol. The van der Waals surface area contributed by atoms with Gasteiger partial charge in [-0.05, 0) is 48.6 Å². The van der Waals surface area contributed by atoms with Gasteiger partial charge in [-0.2, -0.15) is 0 Å². The average molecular weight is 482 g/mol. The van der Waals surface area contributed by atoms with E-state index in [-0.39, 0.29) is 24.5 Å². The highest BCUT2D eigenvalue weighted by molar-refractivity contribution is 7.15. The molecule has 0 spiro atoms. The molecule has 1 heterocycles. The molecule has 0 aliphatic heterocycles. The molecule has 0 radical (unpaired) electrons. The van der Waals surface area contributed by atoms with Gasteiger partial charge in [-0.3, -0.25) is 4.79 Å². The van der Waals surface area contributed by atoms with E-state index in [1.54, 1.807) is 6.92 Å². The lowest BCUT2D eigenvalue weighted by Gasteiger charge is -2.22. The Bertz CT molecular complexity index is 1130. The van der Waals surface area contributed by atoms with Gasteiger partial charge in [0, 0.05) is 10.9 Å². The number of nitrogens with one attached hydrogen (secondary N) is 1. The fourth-order valence-corrected chi connectivity index (χ4v) is 4.46. The van der Waals surface area contributed by atoms with Crippen LogP contribution in [0.2, 0.25) is 0 Å². The minimum absolute atomic E-state index is 0.121. The first kappa shape index (κ1) is 25.3. The quantitative estimate of drug-likeness (QED) is 0.363. The van der Waals surface area contributed by atoms with Gasteiger partial charge in [0.25, 0.3) is 5.91 Å². The lowest BCUT2D eigenvalue weighted by atomic mass is 9.86. The summed E-state index contributed by atoms with van der Waals surface area (Å²) in [5.74, 6) is 0.577. The third kappa shape index (κ3) is 6.17. The normalized spacial score (nSPS) is 11.1. The molecule has 0 aliphatic rings. The molecule has 0 atom stereocenters. The molecule has 0 aliphatic carbocycles. The zero-order valence-electron chi connectivity index (χ0n) is 20.3. The summed E-state index contributed by atoms with van der Waals surface area (Å²) in [6.45, 7) is 10.6. The summed E-state index contributed by atoms with van der Waals surface area (Å²) in [6, 6.07) is 15.1. The number of carbonyl (C=O) groups is 2. The highest BCUT2D eigenvalue weighted by Gasteiger charge is 2.24. The van der Waals surface area contributed by atoms with Crippen molar-refractivity contribution in [3.05, 3.63) is 65.0 Å². The fraction of sp³-hybridized carbons (Fsp3) is 0.333. The SMILES string of the molecule is CCOC(=O)c1c(-c2ccc(OCC)cc2)csc1NC(=O)COc1ccccc1C(C)(C)C. The Labute approximate surface area is 204 Å². The maximum atomic E-state index is 12.8. The van der Waals surface area contributed by atoms with Crippen LogP contribution in [0.25, 0.3) is 11.1 Å². The summed E-state index contributed by atoms with van der Waals surface area (Å²) in [5, 5.41) is 5.10. The predicted octanol–water partition coefficient (Wildman–Crippen LogP) is 6.31. The van der Waals surface area contributed by atoms with Crippen molar-refractivity contribution < 1.29 is 23.8 Å². The average Bonchev–Trinajstić information content (AvgIpc) is 3.21. The molecule has 180 valence electrons. The van der Waals surface area contributed by atoms with Crippen LogP contribution in [0.3, 0.4) is 0 Å². The monoisotopic (exact) mass is 481 g/mol. The molecule has 0 bridgehead atoms. The maximum absolute atomic E-state index is 12.8. The van der Waals surface area contributed by atoms with Crippen LogP contribution in [0.4, 0.5) is 5.00 Å². The lowest BCUT2D eigenvalue weighted by Crippen LogP contribution is -2.22. The third-order valence-corrected chi connectivity index (χ3v) is 5.95. The van der Waals surface area contributed by atoms with E-state index in [0.29, 0.717) is 28.5 Å². The van der Waals surface area contributed by atoms with Crippen LogP contribution in [-0.4, -0.2) is 31.7 Å². The number of hydrogen-bond donors (Lipinski definition) is 1. The van der Waals surface area contributed by atoms with Crippen LogP contribution in [0, 0.1) is 0 Å². The Morgan fingerprint density at radius 3 is 2.29 bits per heavy atom. The van der Waals surface area contributed by atoms with Crippen molar-refractivity contribution in [2.75, 3.05) is 25.1 Å². The van der Waals surface area contributed by atoms with E-state index in [2.05, 4.69) is 26.1 Å². The zero-order chi connectivity index (χ0) is 24.7. The van der Waals surface area contributed by atoms with Crippen molar-refractivity contribution in [3.63, 3.8) is 0 Å². The minimum atomic E-state index is -0.484. The Balaban J connectivity index is 1.80. The van der Waals surface area contributed by atoms with Gasteiger partial charge in [0.05, 0.1) is 13.2 Å². The molecule has 1 amide bonds. The Morgan fingerprint density at radius 1 is 0.941 bits per heavy atom. The summed E-state index contributed by atoms with van der Waals surface area (Å²) in [4.78, 5) is 25.5. The number of esters is 1. The van der Waals surface area contributed by atoms with Crippen molar-refractivity contribution in [3.8, 4) is 22.6 Å². The van der Waals surface area contributed by atoms with E-state index in [1.807, 2.05) is 60.8 Å². The van der Waals surface area contributed by atoms with Crippen LogP contribution < -0.4 is 14.8 Å². The van der Waals surface area contributed by atoms with E-state index in [9.17, 15) is 9.59 Å². The second kappa shape index (κ2) is 11.2. The van der Waals surface area contributed by atoms with Gasteiger partial charge >= 0.3 is 5.97 Å². The number of hydrogen-bond acceptors (Lipinski definition) is 6. The van der Waals surface area contributed by atoms with Crippen LogP contribution in [0.5, 0.6) is 11.5 Å². The van der Waals surface area contributed by atoms with Crippen LogP contribution in [0.1, 0.15) is 50.5 Å². The molecule has 0 fully saturated rings. The summed E-state index contributed by atoms with van der Waals surface area (Å²) in [6.07, 6.45) is 0. The van der Waals surface area contributed by atoms with Gasteiger partial charge in [-0.25, -0.2) is 4.79 Å². The second-order valence-electron chi connectivity index (χ2n) is 8.61. The molecule has 0 saturated heterocycles. The summed E-state index contributed by atoms with van der Waals surface area (Å²) in [5.41, 5.74) is 2.76. The van der Waals surface area contributed by atoms with Gasteiger partial charge in [0.15, 0.2) is 6.61 Å². The first-order valence-electron chi connectivity index (χ1n) is 11.3. The Morgan fingerprint density at radius 2 is 1.65 bits per heavy atom. The molecular formula is C27H31NO5S. The number of amides is 1. The summed E-state index contributed by atoms with van der Waals surface area (Å²) in [7, 11) is 0. The first-order valence-corrected chi connectivity index (χ1v) is 12.2. The first-order chi connectivity index (χ1) is 16.2. The lowest BCUT2D eigenvalue weighted by molar-refractivity contribution is -0.118. The fourth-order valence-electron chi connectivity index (χ4n) is 3.48. The van der Waals surface area contributed by atoms with Crippen LogP contribution in [0.15, 0.2) is 53.9 Å². The molecule has 3 aromatic rings. The summed E-state index contributed by atoms with van der Waals surface area (Å²) >= 11 is 1.28. The number of carbonyl (C=O) groups excluding carboxylic acids is 2. The van der Waals surface area contributed by atoms with Gasteiger partial charge < -0.3 is 19.5 Å². The van der Waals surface area contributed by atoms with Crippen molar-refractivity contribution in [2.24, 2.45) is 0 Å². The Kier molecular flexibility index (Phi) is 8.34. The standard InChI is InChI=1S/C27H31NO5S/c1-6-31-19-14-12-18(13-15-19)20-17-34-25(24(20)26(30)32-7-2)28-23(29)16-33-22-11-9-8-10-21(22)27(3,4)5/h8-15,17H,6-7,16H2,1-5H3,(H,28,29). The number of ether oxygens (including phenoxy) is 3. The Hall–Kier alpha value is -3.32. The van der Waals surface area contributed by atoms with Crippen molar-refractivity contribution in [2.45, 2.75) is 40.0 Å².